The maximum absolute atomic E-state index is 11.2. The first-order valence-electron chi connectivity index (χ1n) is 4.39. The molecule has 0 aliphatic rings. The third-order valence-electron chi connectivity index (χ3n) is 2.07. The van der Waals surface area contributed by atoms with Crippen LogP contribution in [0.25, 0.3) is 11.0 Å². The van der Waals surface area contributed by atoms with Crippen molar-refractivity contribution in [2.45, 2.75) is 6.54 Å². The van der Waals surface area contributed by atoms with E-state index in [0.717, 1.165) is 5.39 Å². The molecular formula is C9H9ClN4O. The molecule has 0 aromatic carbocycles. The Kier molecular flexibility index (Phi) is 2.55. The van der Waals surface area contributed by atoms with Gasteiger partial charge in [-0.3, -0.25) is 4.79 Å². The van der Waals surface area contributed by atoms with Crippen molar-refractivity contribution in [2.24, 2.45) is 0 Å². The minimum Gasteiger partial charge on any atom is -0.358 e. The predicted octanol–water partition coefficient (Wildman–Crippen LogP) is 0.831. The van der Waals surface area contributed by atoms with Crippen LogP contribution in [-0.2, 0) is 11.3 Å². The van der Waals surface area contributed by atoms with Crippen LogP contribution in [0.1, 0.15) is 0 Å². The molecule has 0 aliphatic heterocycles. The van der Waals surface area contributed by atoms with Crippen molar-refractivity contribution in [1.29, 1.82) is 0 Å². The maximum Gasteiger partial charge on any atom is 0.239 e. The quantitative estimate of drug-likeness (QED) is 0.822. The fourth-order valence-electron chi connectivity index (χ4n) is 1.32. The number of amides is 1. The van der Waals surface area contributed by atoms with Crippen molar-refractivity contribution in [2.75, 3.05) is 7.05 Å². The molecule has 0 spiro atoms. The lowest BCUT2D eigenvalue weighted by Gasteiger charge is -2.02. The van der Waals surface area contributed by atoms with Gasteiger partial charge < -0.3 is 9.88 Å². The zero-order valence-electron chi connectivity index (χ0n) is 8.07. The third-order valence-corrected chi connectivity index (χ3v) is 2.26. The molecule has 2 aromatic rings. The van der Waals surface area contributed by atoms with Crippen molar-refractivity contribution in [3.63, 3.8) is 0 Å². The van der Waals surface area contributed by atoms with Gasteiger partial charge in [-0.2, -0.15) is 0 Å². The lowest BCUT2D eigenvalue weighted by molar-refractivity contribution is -0.121. The van der Waals surface area contributed by atoms with E-state index in [1.807, 2.05) is 6.07 Å². The van der Waals surface area contributed by atoms with Gasteiger partial charge in [-0.25, -0.2) is 0 Å². The highest BCUT2D eigenvalue weighted by Crippen LogP contribution is 2.15. The lowest BCUT2D eigenvalue weighted by atomic mass is 10.4. The molecule has 0 fully saturated rings. The number of halogens is 1. The zero-order valence-corrected chi connectivity index (χ0v) is 8.82. The molecule has 0 aliphatic carbocycles. The Morgan fingerprint density at radius 3 is 3.13 bits per heavy atom. The van der Waals surface area contributed by atoms with Crippen LogP contribution in [0.15, 0.2) is 18.3 Å². The van der Waals surface area contributed by atoms with Gasteiger partial charge in [-0.15, -0.1) is 10.2 Å². The van der Waals surface area contributed by atoms with E-state index in [1.165, 1.54) is 0 Å². The number of likely N-dealkylation sites (N-methyl/N-ethyl adjacent to an activating group) is 1. The van der Waals surface area contributed by atoms with E-state index in [4.69, 9.17) is 11.6 Å². The van der Waals surface area contributed by atoms with Crippen LogP contribution in [-0.4, -0.2) is 27.7 Å². The van der Waals surface area contributed by atoms with Gasteiger partial charge in [-0.05, 0) is 12.1 Å². The molecule has 1 amide bonds. The van der Waals surface area contributed by atoms with Crippen molar-refractivity contribution >= 4 is 28.5 Å². The number of carbonyl (C=O) groups is 1. The SMILES string of the molecule is CNC(=O)Cn1ccc2cc(Cl)nnc21. The summed E-state index contributed by atoms with van der Waals surface area (Å²) in [5.74, 6) is -0.0794. The van der Waals surface area contributed by atoms with Gasteiger partial charge in [-0.1, -0.05) is 11.6 Å². The zero-order chi connectivity index (χ0) is 10.8. The molecular weight excluding hydrogens is 216 g/mol. The van der Waals surface area contributed by atoms with Crippen LogP contribution in [0.5, 0.6) is 0 Å². The van der Waals surface area contributed by atoms with Crippen molar-refractivity contribution < 1.29 is 4.79 Å². The second-order valence-electron chi connectivity index (χ2n) is 3.06. The first-order chi connectivity index (χ1) is 7.20. The van der Waals surface area contributed by atoms with Crippen LogP contribution in [0.2, 0.25) is 5.15 Å². The Morgan fingerprint density at radius 2 is 2.40 bits per heavy atom. The molecule has 2 rings (SSSR count). The van der Waals surface area contributed by atoms with Gasteiger partial charge in [0.05, 0.1) is 0 Å². The number of nitrogens with one attached hydrogen (secondary N) is 1. The van der Waals surface area contributed by atoms with Gasteiger partial charge in [0.15, 0.2) is 10.8 Å². The van der Waals surface area contributed by atoms with Gasteiger partial charge in [0.1, 0.15) is 6.54 Å². The lowest BCUT2D eigenvalue weighted by Crippen LogP contribution is -2.23. The predicted molar refractivity (Wildman–Crippen MR) is 56.6 cm³/mol. The van der Waals surface area contributed by atoms with Crippen LogP contribution in [0, 0.1) is 0 Å². The summed E-state index contributed by atoms with van der Waals surface area (Å²) in [6.07, 6.45) is 1.78. The van der Waals surface area contributed by atoms with E-state index in [0.29, 0.717) is 10.8 Å². The molecule has 6 heteroatoms. The van der Waals surface area contributed by atoms with Crippen LogP contribution >= 0.6 is 11.6 Å². The van der Waals surface area contributed by atoms with Gasteiger partial charge in [0.25, 0.3) is 0 Å². The smallest absolute Gasteiger partial charge is 0.239 e. The highest BCUT2D eigenvalue weighted by Gasteiger charge is 2.06. The molecule has 78 valence electrons. The minimum atomic E-state index is -0.0794. The van der Waals surface area contributed by atoms with Crippen LogP contribution in [0.4, 0.5) is 0 Å². The van der Waals surface area contributed by atoms with E-state index in [1.54, 1.807) is 23.9 Å². The first-order valence-corrected chi connectivity index (χ1v) is 4.77. The van der Waals surface area contributed by atoms with Crippen molar-refractivity contribution in [3.8, 4) is 0 Å². The van der Waals surface area contributed by atoms with Crippen LogP contribution < -0.4 is 5.32 Å². The average Bonchev–Trinajstić information content (AvgIpc) is 2.60. The van der Waals surface area contributed by atoms with Gasteiger partial charge >= 0.3 is 0 Å². The summed E-state index contributed by atoms with van der Waals surface area (Å²) < 4.78 is 1.72. The van der Waals surface area contributed by atoms with E-state index < -0.39 is 0 Å². The van der Waals surface area contributed by atoms with Crippen LogP contribution in [0.3, 0.4) is 0 Å². The maximum atomic E-state index is 11.2. The summed E-state index contributed by atoms with van der Waals surface area (Å²) in [6.45, 7) is 0.232. The van der Waals surface area contributed by atoms with E-state index in [-0.39, 0.29) is 12.5 Å². The largest absolute Gasteiger partial charge is 0.358 e. The summed E-state index contributed by atoms with van der Waals surface area (Å²) >= 11 is 5.70. The average molecular weight is 225 g/mol. The molecule has 0 atom stereocenters. The summed E-state index contributed by atoms with van der Waals surface area (Å²) in [4.78, 5) is 11.2. The molecule has 2 heterocycles. The molecule has 0 unspecified atom stereocenters. The fourth-order valence-corrected chi connectivity index (χ4v) is 1.48. The molecule has 5 nitrogen and oxygen atoms in total. The molecule has 0 radical (unpaired) electrons. The number of aromatic nitrogens is 3. The number of hydrogen-bond donors (Lipinski definition) is 1. The topological polar surface area (TPSA) is 59.8 Å². The fraction of sp³-hybridized carbons (Fsp3) is 0.222. The second-order valence-corrected chi connectivity index (χ2v) is 3.45. The number of rotatable bonds is 2. The highest BCUT2D eigenvalue weighted by atomic mass is 35.5. The number of nitrogens with zero attached hydrogens (tertiary/aromatic N) is 3. The standard InChI is InChI=1S/C9H9ClN4O/c1-11-8(15)5-14-3-2-6-4-7(10)12-13-9(6)14/h2-4H,5H2,1H3,(H,11,15). The Morgan fingerprint density at radius 1 is 1.60 bits per heavy atom. The normalized spacial score (nSPS) is 10.5. The summed E-state index contributed by atoms with van der Waals surface area (Å²) in [6, 6.07) is 3.56. The van der Waals surface area contributed by atoms with E-state index >= 15 is 0 Å². The summed E-state index contributed by atoms with van der Waals surface area (Å²) in [5, 5.41) is 11.4. The summed E-state index contributed by atoms with van der Waals surface area (Å²) in [5.41, 5.74) is 0.656. The highest BCUT2D eigenvalue weighted by molar-refractivity contribution is 6.29. The summed E-state index contributed by atoms with van der Waals surface area (Å²) in [7, 11) is 1.59. The van der Waals surface area contributed by atoms with Crippen molar-refractivity contribution in [1.82, 2.24) is 20.1 Å². The Bertz CT molecular complexity index is 508. The van der Waals surface area contributed by atoms with Gasteiger partial charge in [0.2, 0.25) is 5.91 Å². The molecule has 15 heavy (non-hydrogen) atoms. The molecule has 0 saturated heterocycles. The minimum absolute atomic E-state index is 0.0794. The molecule has 0 saturated carbocycles. The van der Waals surface area contributed by atoms with E-state index in [9.17, 15) is 4.79 Å². The Labute approximate surface area is 91.0 Å². The Hall–Kier alpha value is -1.62. The Balaban J connectivity index is 2.41. The first kappa shape index (κ1) is 9.92. The number of carbonyl (C=O) groups excluding carboxylic acids is 1. The number of fused-ring (bicyclic) bond motifs is 1. The van der Waals surface area contributed by atoms with E-state index in [2.05, 4.69) is 15.5 Å². The monoisotopic (exact) mass is 224 g/mol. The molecule has 2 aromatic heterocycles. The van der Waals surface area contributed by atoms with Gasteiger partial charge in [0, 0.05) is 18.6 Å². The third kappa shape index (κ3) is 1.92. The van der Waals surface area contributed by atoms with Crippen molar-refractivity contribution in [3.05, 3.63) is 23.5 Å². The second kappa shape index (κ2) is 3.86. The molecule has 0 bridgehead atoms. The number of hydrogen-bond acceptors (Lipinski definition) is 3. The molecule has 1 N–H and O–H groups in total.